The van der Waals surface area contributed by atoms with Gasteiger partial charge >= 0.3 is 0 Å². The number of amides is 1. The minimum absolute atomic E-state index is 0. The van der Waals surface area contributed by atoms with Gasteiger partial charge in [-0.2, -0.15) is 0 Å². The lowest BCUT2D eigenvalue weighted by molar-refractivity contribution is -0.131. The second-order valence-electron chi connectivity index (χ2n) is 4.39. The molecular weight excluding hydrogens is 268 g/mol. The van der Waals surface area contributed by atoms with Crippen molar-refractivity contribution in [2.75, 3.05) is 18.7 Å². The molecule has 1 saturated heterocycles. The maximum Gasteiger partial charge on any atom is 0.240 e. The van der Waals surface area contributed by atoms with Crippen molar-refractivity contribution in [2.24, 2.45) is 0 Å². The summed E-state index contributed by atoms with van der Waals surface area (Å²) >= 11 is 1.78. The largest absolute Gasteiger partial charge is 0.340 e. The summed E-state index contributed by atoms with van der Waals surface area (Å²) in [6.07, 6.45) is 0. The van der Waals surface area contributed by atoms with Crippen molar-refractivity contribution in [3.63, 3.8) is 0 Å². The van der Waals surface area contributed by atoms with Gasteiger partial charge < -0.3 is 4.90 Å². The number of hydrogen-bond acceptors (Lipinski definition) is 3. The van der Waals surface area contributed by atoms with E-state index in [0.29, 0.717) is 6.54 Å². The van der Waals surface area contributed by atoms with Crippen molar-refractivity contribution in [1.29, 1.82) is 0 Å². The van der Waals surface area contributed by atoms with Gasteiger partial charge in [-0.3, -0.25) is 10.1 Å². The van der Waals surface area contributed by atoms with E-state index in [-0.39, 0.29) is 24.4 Å². The zero-order valence-corrected chi connectivity index (χ0v) is 12.3. The Morgan fingerprint density at radius 2 is 2.22 bits per heavy atom. The quantitative estimate of drug-likeness (QED) is 0.923. The van der Waals surface area contributed by atoms with Crippen LogP contribution in [0.1, 0.15) is 11.1 Å². The molecule has 1 fully saturated rings. The van der Waals surface area contributed by atoms with Crippen LogP contribution in [0.5, 0.6) is 0 Å². The zero-order valence-electron chi connectivity index (χ0n) is 10.7. The van der Waals surface area contributed by atoms with Crippen LogP contribution >= 0.6 is 24.2 Å². The number of thioether (sulfide) groups is 1. The molecular formula is C13H19ClN2OS. The third-order valence-electron chi connectivity index (χ3n) is 3.06. The molecule has 1 aliphatic heterocycles. The number of nitrogens with one attached hydrogen (secondary N) is 1. The third-order valence-corrected chi connectivity index (χ3v) is 4.00. The average molecular weight is 287 g/mol. The first-order valence-electron chi connectivity index (χ1n) is 5.79. The Bertz CT molecular complexity index is 408. The molecule has 1 amide bonds. The molecule has 0 aliphatic carbocycles. The van der Waals surface area contributed by atoms with Gasteiger partial charge in [0, 0.05) is 25.2 Å². The van der Waals surface area contributed by atoms with Gasteiger partial charge in [-0.15, -0.1) is 24.2 Å². The van der Waals surface area contributed by atoms with Gasteiger partial charge in [0.1, 0.15) is 0 Å². The van der Waals surface area contributed by atoms with Gasteiger partial charge in [0.05, 0.1) is 6.04 Å². The van der Waals surface area contributed by atoms with Gasteiger partial charge in [-0.05, 0) is 18.1 Å². The zero-order chi connectivity index (χ0) is 12.3. The number of likely N-dealkylation sites (N-methyl/N-ethyl adjacent to an activating group) is 1. The minimum atomic E-state index is -0.00554. The lowest BCUT2D eigenvalue weighted by atomic mass is 10.1. The molecule has 1 aromatic rings. The Morgan fingerprint density at radius 1 is 1.50 bits per heavy atom. The van der Waals surface area contributed by atoms with E-state index >= 15 is 0 Å². The summed E-state index contributed by atoms with van der Waals surface area (Å²) in [4.78, 5) is 13.9. The molecule has 3 nitrogen and oxygen atoms in total. The summed E-state index contributed by atoms with van der Waals surface area (Å²) in [7, 11) is 1.87. The van der Waals surface area contributed by atoms with E-state index in [1.165, 1.54) is 11.1 Å². The number of halogens is 1. The molecule has 0 bridgehead atoms. The number of hydrogen-bond donors (Lipinski definition) is 1. The third kappa shape index (κ3) is 3.64. The van der Waals surface area contributed by atoms with Gasteiger partial charge in [-0.25, -0.2) is 0 Å². The standard InChI is InChI=1S/C13H18N2OS.ClH/c1-10-5-3-4-6-11(10)7-15(2)13(16)12-8-17-9-14-12;/h3-6,12,14H,7-9H2,1-2H3;1H. The molecule has 0 saturated carbocycles. The number of rotatable bonds is 3. The van der Waals surface area contributed by atoms with Crippen molar-refractivity contribution >= 4 is 30.1 Å². The molecule has 0 radical (unpaired) electrons. The maximum atomic E-state index is 12.1. The van der Waals surface area contributed by atoms with Crippen molar-refractivity contribution in [3.8, 4) is 0 Å². The maximum absolute atomic E-state index is 12.1. The second-order valence-corrected chi connectivity index (χ2v) is 5.42. The highest BCUT2D eigenvalue weighted by molar-refractivity contribution is 7.99. The van der Waals surface area contributed by atoms with Crippen LogP contribution in [0.15, 0.2) is 24.3 Å². The molecule has 1 atom stereocenters. The number of benzene rings is 1. The van der Waals surface area contributed by atoms with Crippen LogP contribution in [0.2, 0.25) is 0 Å². The fourth-order valence-corrected chi connectivity index (χ4v) is 2.87. The second kappa shape index (κ2) is 7.02. The van der Waals surface area contributed by atoms with Gasteiger partial charge in [0.2, 0.25) is 5.91 Å². The van der Waals surface area contributed by atoms with Crippen LogP contribution in [0.25, 0.3) is 0 Å². The van der Waals surface area contributed by atoms with Crippen LogP contribution in [0.4, 0.5) is 0 Å². The first-order chi connectivity index (χ1) is 8.18. The van der Waals surface area contributed by atoms with E-state index in [9.17, 15) is 4.79 Å². The molecule has 1 unspecified atom stereocenters. The molecule has 1 heterocycles. The fraction of sp³-hybridized carbons (Fsp3) is 0.462. The van der Waals surface area contributed by atoms with E-state index in [4.69, 9.17) is 0 Å². The van der Waals surface area contributed by atoms with Crippen LogP contribution in [-0.2, 0) is 11.3 Å². The van der Waals surface area contributed by atoms with E-state index in [1.54, 1.807) is 11.8 Å². The van der Waals surface area contributed by atoms with Crippen LogP contribution in [0.3, 0.4) is 0 Å². The summed E-state index contributed by atoms with van der Waals surface area (Å²) in [5.41, 5.74) is 2.45. The predicted octanol–water partition coefficient (Wildman–Crippen LogP) is 2.04. The molecule has 5 heteroatoms. The van der Waals surface area contributed by atoms with Crippen LogP contribution in [0, 0.1) is 6.92 Å². The molecule has 1 N–H and O–H groups in total. The summed E-state index contributed by atoms with van der Waals surface area (Å²) in [5, 5.41) is 3.21. The number of aryl methyl sites for hydroxylation is 1. The Morgan fingerprint density at radius 3 is 2.83 bits per heavy atom. The summed E-state index contributed by atoms with van der Waals surface area (Å²) in [6.45, 7) is 2.77. The summed E-state index contributed by atoms with van der Waals surface area (Å²) < 4.78 is 0. The van der Waals surface area contributed by atoms with E-state index in [0.717, 1.165) is 11.6 Å². The van der Waals surface area contributed by atoms with Gasteiger partial charge in [0.25, 0.3) is 0 Å². The number of nitrogens with zero attached hydrogens (tertiary/aromatic N) is 1. The molecule has 1 aromatic carbocycles. The summed E-state index contributed by atoms with van der Waals surface area (Å²) in [6, 6.07) is 8.20. The minimum Gasteiger partial charge on any atom is -0.340 e. The van der Waals surface area contributed by atoms with Crippen LogP contribution in [-0.4, -0.2) is 35.5 Å². The molecule has 1 aliphatic rings. The predicted molar refractivity (Wildman–Crippen MR) is 79.1 cm³/mol. The SMILES string of the molecule is Cc1ccccc1CN(C)C(=O)C1CSCN1.Cl. The Labute approximate surface area is 119 Å². The van der Waals surface area contributed by atoms with Gasteiger partial charge in [-0.1, -0.05) is 24.3 Å². The monoisotopic (exact) mass is 286 g/mol. The Hall–Kier alpha value is -0.710. The van der Waals surface area contributed by atoms with E-state index in [2.05, 4.69) is 24.4 Å². The van der Waals surface area contributed by atoms with Gasteiger partial charge in [0.15, 0.2) is 0 Å². The van der Waals surface area contributed by atoms with Crippen molar-refractivity contribution < 1.29 is 4.79 Å². The van der Waals surface area contributed by atoms with Crippen molar-refractivity contribution in [1.82, 2.24) is 10.2 Å². The Balaban J connectivity index is 0.00000162. The lowest BCUT2D eigenvalue weighted by Gasteiger charge is -2.21. The topological polar surface area (TPSA) is 32.3 Å². The van der Waals surface area contributed by atoms with E-state index < -0.39 is 0 Å². The molecule has 18 heavy (non-hydrogen) atoms. The number of carbonyl (C=O) groups excluding carboxylic acids is 1. The average Bonchev–Trinajstić information content (AvgIpc) is 2.84. The first-order valence-corrected chi connectivity index (χ1v) is 6.94. The highest BCUT2D eigenvalue weighted by Gasteiger charge is 2.25. The van der Waals surface area contributed by atoms with E-state index in [1.807, 2.05) is 24.1 Å². The first kappa shape index (κ1) is 15.3. The Kier molecular flexibility index (Phi) is 5.99. The molecule has 0 aromatic heterocycles. The van der Waals surface area contributed by atoms with Crippen molar-refractivity contribution in [2.45, 2.75) is 19.5 Å². The summed E-state index contributed by atoms with van der Waals surface area (Å²) in [5.74, 6) is 1.96. The lowest BCUT2D eigenvalue weighted by Crippen LogP contribution is -2.42. The fourth-order valence-electron chi connectivity index (χ4n) is 1.94. The van der Waals surface area contributed by atoms with Crippen molar-refractivity contribution in [3.05, 3.63) is 35.4 Å². The molecule has 2 rings (SSSR count). The molecule has 100 valence electrons. The smallest absolute Gasteiger partial charge is 0.240 e. The highest BCUT2D eigenvalue weighted by Crippen LogP contribution is 2.14. The number of carbonyl (C=O) groups is 1. The molecule has 0 spiro atoms. The van der Waals surface area contributed by atoms with Crippen LogP contribution < -0.4 is 5.32 Å². The normalized spacial score (nSPS) is 18.2. The highest BCUT2D eigenvalue weighted by atomic mass is 35.5.